The van der Waals surface area contributed by atoms with Crippen LogP contribution < -0.4 is 10.1 Å². The summed E-state index contributed by atoms with van der Waals surface area (Å²) in [7, 11) is 3.24. The Labute approximate surface area is 113 Å². The molecule has 0 amide bonds. The van der Waals surface area contributed by atoms with Crippen LogP contribution in [0.4, 0.5) is 0 Å². The molecule has 0 heterocycles. The summed E-state index contributed by atoms with van der Waals surface area (Å²) in [6.45, 7) is 1.40. The zero-order valence-corrected chi connectivity index (χ0v) is 11.5. The minimum atomic E-state index is 0.140. The van der Waals surface area contributed by atoms with Gasteiger partial charge in [0.15, 0.2) is 0 Å². The van der Waals surface area contributed by atoms with Crippen LogP contribution in [0.1, 0.15) is 12.0 Å². The maximum Gasteiger partial charge on any atom is 0.137 e. The van der Waals surface area contributed by atoms with Crippen molar-refractivity contribution in [2.45, 2.75) is 19.0 Å². The molecule has 1 aromatic rings. The molecule has 1 unspecified atom stereocenters. The second kappa shape index (κ2) is 8.32. The van der Waals surface area contributed by atoms with Crippen molar-refractivity contribution in [2.75, 3.05) is 27.4 Å². The number of hydrogen-bond donors (Lipinski definition) is 2. The van der Waals surface area contributed by atoms with Crippen LogP contribution in [0, 0.1) is 0 Å². The van der Waals surface area contributed by atoms with Crippen LogP contribution in [0.3, 0.4) is 0 Å². The van der Waals surface area contributed by atoms with Crippen molar-refractivity contribution in [3.8, 4) is 5.75 Å². The molecule has 4 nitrogen and oxygen atoms in total. The molecule has 2 N–H and O–H groups in total. The highest BCUT2D eigenvalue weighted by atomic mass is 35.5. The predicted octanol–water partition coefficient (Wildman–Crippen LogP) is 1.84. The average molecular weight is 274 g/mol. The van der Waals surface area contributed by atoms with Gasteiger partial charge in [-0.3, -0.25) is 0 Å². The molecular formula is C13H20ClNO3. The van der Waals surface area contributed by atoms with Crippen LogP contribution in [0.5, 0.6) is 5.75 Å². The van der Waals surface area contributed by atoms with Gasteiger partial charge in [0, 0.05) is 26.3 Å². The lowest BCUT2D eigenvalue weighted by Gasteiger charge is -2.17. The molecule has 1 aromatic carbocycles. The van der Waals surface area contributed by atoms with E-state index in [0.717, 1.165) is 5.56 Å². The van der Waals surface area contributed by atoms with E-state index in [2.05, 4.69) is 5.32 Å². The zero-order valence-electron chi connectivity index (χ0n) is 10.8. The smallest absolute Gasteiger partial charge is 0.137 e. The Morgan fingerprint density at radius 1 is 1.39 bits per heavy atom. The molecule has 0 saturated carbocycles. The van der Waals surface area contributed by atoms with Crippen LogP contribution >= 0.6 is 11.6 Å². The van der Waals surface area contributed by atoms with E-state index in [1.807, 2.05) is 18.2 Å². The van der Waals surface area contributed by atoms with Crippen LogP contribution in [0.2, 0.25) is 5.02 Å². The first-order valence-electron chi connectivity index (χ1n) is 5.86. The standard InChI is InChI=1S/C13H20ClNO3/c1-17-9-11(5-6-16)15-8-10-3-4-13(18-2)12(14)7-10/h3-4,7,11,15-16H,5-6,8-9H2,1-2H3. The maximum absolute atomic E-state index is 8.94. The molecule has 0 aliphatic heterocycles. The third-order valence-corrected chi connectivity index (χ3v) is 2.95. The van der Waals surface area contributed by atoms with Crippen molar-refractivity contribution < 1.29 is 14.6 Å². The van der Waals surface area contributed by atoms with Crippen LogP contribution in [-0.2, 0) is 11.3 Å². The minimum Gasteiger partial charge on any atom is -0.495 e. The monoisotopic (exact) mass is 273 g/mol. The van der Waals surface area contributed by atoms with E-state index in [0.29, 0.717) is 30.3 Å². The van der Waals surface area contributed by atoms with Crippen molar-refractivity contribution >= 4 is 11.6 Å². The van der Waals surface area contributed by atoms with Crippen molar-refractivity contribution in [1.29, 1.82) is 0 Å². The summed E-state index contributed by atoms with van der Waals surface area (Å²) in [5, 5.41) is 12.9. The third-order valence-electron chi connectivity index (χ3n) is 2.66. The Morgan fingerprint density at radius 3 is 2.72 bits per heavy atom. The number of halogens is 1. The Hall–Kier alpha value is -0.810. The quantitative estimate of drug-likeness (QED) is 0.759. The fourth-order valence-corrected chi connectivity index (χ4v) is 1.96. The number of methoxy groups -OCH3 is 2. The Bertz CT molecular complexity index is 354. The predicted molar refractivity (Wildman–Crippen MR) is 72.2 cm³/mol. The molecule has 0 bridgehead atoms. The number of rotatable bonds is 8. The van der Waals surface area contributed by atoms with E-state index in [1.165, 1.54) is 0 Å². The summed E-state index contributed by atoms with van der Waals surface area (Å²) in [4.78, 5) is 0. The van der Waals surface area contributed by atoms with Gasteiger partial charge in [-0.1, -0.05) is 17.7 Å². The second-order valence-electron chi connectivity index (χ2n) is 4.01. The van der Waals surface area contributed by atoms with Gasteiger partial charge in [-0.15, -0.1) is 0 Å². The normalized spacial score (nSPS) is 12.4. The number of ether oxygens (including phenoxy) is 2. The van der Waals surface area contributed by atoms with Crippen LogP contribution in [-0.4, -0.2) is 38.6 Å². The summed E-state index contributed by atoms with van der Waals surface area (Å²) in [6, 6.07) is 5.81. The maximum atomic E-state index is 8.94. The second-order valence-corrected chi connectivity index (χ2v) is 4.42. The lowest BCUT2D eigenvalue weighted by Crippen LogP contribution is -2.33. The molecule has 1 atom stereocenters. The summed E-state index contributed by atoms with van der Waals surface area (Å²) < 4.78 is 10.2. The summed E-state index contributed by atoms with van der Waals surface area (Å²) in [6.07, 6.45) is 0.664. The molecule has 0 radical (unpaired) electrons. The molecule has 5 heteroatoms. The first-order chi connectivity index (χ1) is 8.71. The summed E-state index contributed by atoms with van der Waals surface area (Å²) >= 11 is 6.05. The Morgan fingerprint density at radius 2 is 2.17 bits per heavy atom. The van der Waals surface area contributed by atoms with E-state index in [4.69, 9.17) is 26.2 Å². The van der Waals surface area contributed by atoms with E-state index in [-0.39, 0.29) is 12.6 Å². The van der Waals surface area contributed by atoms with Gasteiger partial charge in [-0.25, -0.2) is 0 Å². The molecule has 0 spiro atoms. The van der Waals surface area contributed by atoms with Crippen molar-refractivity contribution in [1.82, 2.24) is 5.32 Å². The van der Waals surface area contributed by atoms with Gasteiger partial charge < -0.3 is 19.9 Å². The van der Waals surface area contributed by atoms with E-state index < -0.39 is 0 Å². The molecule has 18 heavy (non-hydrogen) atoms. The zero-order chi connectivity index (χ0) is 13.4. The largest absolute Gasteiger partial charge is 0.495 e. The highest BCUT2D eigenvalue weighted by Crippen LogP contribution is 2.24. The highest BCUT2D eigenvalue weighted by molar-refractivity contribution is 6.32. The number of hydrogen-bond acceptors (Lipinski definition) is 4. The molecule has 0 saturated heterocycles. The first kappa shape index (κ1) is 15.2. The first-order valence-corrected chi connectivity index (χ1v) is 6.24. The highest BCUT2D eigenvalue weighted by Gasteiger charge is 2.08. The molecule has 102 valence electrons. The Balaban J connectivity index is 2.53. The molecule has 1 rings (SSSR count). The van der Waals surface area contributed by atoms with Gasteiger partial charge in [-0.05, 0) is 24.1 Å². The molecule has 0 fully saturated rings. The SMILES string of the molecule is COCC(CCO)NCc1ccc(OC)c(Cl)c1. The molecule has 0 aromatic heterocycles. The number of aliphatic hydroxyl groups is 1. The van der Waals surface area contributed by atoms with Crippen molar-refractivity contribution in [2.24, 2.45) is 0 Å². The minimum absolute atomic E-state index is 0.140. The number of nitrogens with one attached hydrogen (secondary N) is 1. The van der Waals surface area contributed by atoms with E-state index >= 15 is 0 Å². The summed E-state index contributed by atoms with van der Waals surface area (Å²) in [5.41, 5.74) is 1.07. The molecule has 0 aliphatic rings. The average Bonchev–Trinajstić information content (AvgIpc) is 2.36. The van der Waals surface area contributed by atoms with E-state index in [1.54, 1.807) is 14.2 Å². The van der Waals surface area contributed by atoms with Crippen molar-refractivity contribution in [3.05, 3.63) is 28.8 Å². The van der Waals surface area contributed by atoms with Crippen LogP contribution in [0.15, 0.2) is 18.2 Å². The lowest BCUT2D eigenvalue weighted by molar-refractivity contribution is 0.148. The fraction of sp³-hybridized carbons (Fsp3) is 0.538. The number of aliphatic hydroxyl groups excluding tert-OH is 1. The van der Waals surface area contributed by atoms with Crippen molar-refractivity contribution in [3.63, 3.8) is 0 Å². The van der Waals surface area contributed by atoms with Gasteiger partial charge in [0.2, 0.25) is 0 Å². The van der Waals surface area contributed by atoms with E-state index in [9.17, 15) is 0 Å². The van der Waals surface area contributed by atoms with Crippen LogP contribution in [0.25, 0.3) is 0 Å². The molecule has 0 aliphatic carbocycles. The lowest BCUT2D eigenvalue weighted by atomic mass is 10.2. The van der Waals surface area contributed by atoms with Gasteiger partial charge >= 0.3 is 0 Å². The fourth-order valence-electron chi connectivity index (χ4n) is 1.68. The van der Waals surface area contributed by atoms with Gasteiger partial charge in [0.1, 0.15) is 5.75 Å². The van der Waals surface area contributed by atoms with Gasteiger partial charge in [0.25, 0.3) is 0 Å². The summed E-state index contributed by atoms with van der Waals surface area (Å²) in [5.74, 6) is 0.671. The Kier molecular flexibility index (Phi) is 7.05. The number of benzene rings is 1. The van der Waals surface area contributed by atoms with Gasteiger partial charge in [0.05, 0.1) is 18.7 Å². The molecular weight excluding hydrogens is 254 g/mol. The topological polar surface area (TPSA) is 50.7 Å². The third kappa shape index (κ3) is 4.82. The van der Waals surface area contributed by atoms with Gasteiger partial charge in [-0.2, -0.15) is 0 Å².